The molecule has 0 atom stereocenters. The van der Waals surface area contributed by atoms with Crippen LogP contribution in [0.5, 0.6) is 0 Å². The zero-order chi connectivity index (χ0) is 10.1. The van der Waals surface area contributed by atoms with Crippen LogP contribution >= 0.6 is 0 Å². The molecule has 14 heavy (non-hydrogen) atoms. The van der Waals surface area contributed by atoms with Crippen LogP contribution in [0, 0.1) is 0 Å². The first kappa shape index (κ1) is 10.9. The van der Waals surface area contributed by atoms with Crippen molar-refractivity contribution in [2.75, 3.05) is 19.8 Å². The molecule has 0 aliphatic heterocycles. The van der Waals surface area contributed by atoms with Crippen LogP contribution in [-0.4, -0.2) is 26.1 Å². The second-order valence-corrected chi connectivity index (χ2v) is 2.78. The molecule has 0 unspecified atom stereocenters. The van der Waals surface area contributed by atoms with Gasteiger partial charge < -0.3 is 14.3 Å². The van der Waals surface area contributed by atoms with Crippen LogP contribution < -0.4 is 0 Å². The normalized spacial score (nSPS) is 10.0. The molecule has 1 aromatic rings. The van der Waals surface area contributed by atoms with Gasteiger partial charge in [0.15, 0.2) is 0 Å². The van der Waals surface area contributed by atoms with Gasteiger partial charge in [-0.05, 0) is 5.56 Å². The number of aldehydes is 1. The van der Waals surface area contributed by atoms with Gasteiger partial charge in [0, 0.05) is 0 Å². The van der Waals surface area contributed by atoms with Crippen LogP contribution in [0.15, 0.2) is 30.3 Å². The Morgan fingerprint density at radius 1 is 1.07 bits per heavy atom. The highest BCUT2D eigenvalue weighted by atomic mass is 16.5. The fourth-order valence-electron chi connectivity index (χ4n) is 1.01. The molecule has 0 aromatic heterocycles. The van der Waals surface area contributed by atoms with Gasteiger partial charge in [0.05, 0.1) is 19.8 Å². The molecule has 0 saturated heterocycles. The molecule has 3 heteroatoms. The summed E-state index contributed by atoms with van der Waals surface area (Å²) >= 11 is 0. The summed E-state index contributed by atoms with van der Waals surface area (Å²) in [5.74, 6) is 0. The lowest BCUT2D eigenvalue weighted by Crippen LogP contribution is -2.05. The summed E-state index contributed by atoms with van der Waals surface area (Å²) in [5, 5.41) is 0. The van der Waals surface area contributed by atoms with E-state index in [1.54, 1.807) is 0 Å². The fraction of sp³-hybridized carbons (Fsp3) is 0.364. The highest BCUT2D eigenvalue weighted by molar-refractivity contribution is 5.50. The van der Waals surface area contributed by atoms with E-state index < -0.39 is 0 Å². The van der Waals surface area contributed by atoms with E-state index in [9.17, 15) is 4.79 Å². The van der Waals surface area contributed by atoms with Gasteiger partial charge in [-0.2, -0.15) is 0 Å². The standard InChI is InChI=1S/C11H14O3/c12-6-7-13-8-9-14-10-11-4-2-1-3-5-11/h1-6H,7-10H2. The van der Waals surface area contributed by atoms with Gasteiger partial charge in [-0.15, -0.1) is 0 Å². The molecule has 0 N–H and O–H groups in total. The molecule has 1 rings (SSSR count). The lowest BCUT2D eigenvalue weighted by atomic mass is 10.2. The number of ether oxygens (including phenoxy) is 2. The zero-order valence-corrected chi connectivity index (χ0v) is 8.02. The molecule has 0 amide bonds. The molecule has 0 heterocycles. The third-order valence-electron chi connectivity index (χ3n) is 1.67. The SMILES string of the molecule is O=CCOCCOCc1ccccc1. The molecule has 0 saturated carbocycles. The largest absolute Gasteiger partial charge is 0.374 e. The molecule has 0 spiro atoms. The quantitative estimate of drug-likeness (QED) is 0.486. The molecule has 0 bridgehead atoms. The van der Waals surface area contributed by atoms with E-state index in [-0.39, 0.29) is 6.61 Å². The summed E-state index contributed by atoms with van der Waals surface area (Å²) in [6, 6.07) is 9.93. The second-order valence-electron chi connectivity index (χ2n) is 2.78. The molecular formula is C11H14O3. The Hall–Kier alpha value is -1.19. The predicted octanol–water partition coefficient (Wildman–Crippen LogP) is 1.42. The Labute approximate surface area is 83.6 Å². The van der Waals surface area contributed by atoms with Crippen molar-refractivity contribution in [2.45, 2.75) is 6.61 Å². The molecule has 76 valence electrons. The minimum atomic E-state index is 0.148. The van der Waals surface area contributed by atoms with Crippen LogP contribution in [0.3, 0.4) is 0 Å². The first-order valence-corrected chi connectivity index (χ1v) is 4.56. The fourth-order valence-corrected chi connectivity index (χ4v) is 1.01. The third-order valence-corrected chi connectivity index (χ3v) is 1.67. The summed E-state index contributed by atoms with van der Waals surface area (Å²) in [4.78, 5) is 9.89. The Kier molecular flexibility index (Phi) is 5.63. The first-order chi connectivity index (χ1) is 6.93. The van der Waals surface area contributed by atoms with E-state index in [1.807, 2.05) is 30.3 Å². The number of hydrogen-bond acceptors (Lipinski definition) is 3. The summed E-state index contributed by atoms with van der Waals surface area (Å²) < 4.78 is 10.3. The predicted molar refractivity (Wildman–Crippen MR) is 53.0 cm³/mol. The Morgan fingerprint density at radius 2 is 1.79 bits per heavy atom. The highest BCUT2D eigenvalue weighted by Crippen LogP contribution is 1.99. The van der Waals surface area contributed by atoms with E-state index in [0.717, 1.165) is 11.8 Å². The number of rotatable bonds is 7. The number of carbonyl (C=O) groups is 1. The van der Waals surface area contributed by atoms with E-state index >= 15 is 0 Å². The van der Waals surface area contributed by atoms with Crippen LogP contribution in [0.4, 0.5) is 0 Å². The average Bonchev–Trinajstić information content (AvgIpc) is 2.25. The van der Waals surface area contributed by atoms with Gasteiger partial charge >= 0.3 is 0 Å². The Morgan fingerprint density at radius 3 is 2.50 bits per heavy atom. The second kappa shape index (κ2) is 7.24. The third kappa shape index (κ3) is 4.74. The van der Waals surface area contributed by atoms with Crippen molar-refractivity contribution in [2.24, 2.45) is 0 Å². The molecular weight excluding hydrogens is 180 g/mol. The summed E-state index contributed by atoms with van der Waals surface area (Å²) in [6.45, 7) is 1.72. The smallest absolute Gasteiger partial charge is 0.145 e. The molecule has 0 aliphatic carbocycles. The summed E-state index contributed by atoms with van der Waals surface area (Å²) in [7, 11) is 0. The highest BCUT2D eigenvalue weighted by Gasteiger charge is 1.91. The van der Waals surface area contributed by atoms with E-state index in [2.05, 4.69) is 0 Å². The minimum absolute atomic E-state index is 0.148. The molecule has 0 fully saturated rings. The van der Waals surface area contributed by atoms with Crippen molar-refractivity contribution in [3.05, 3.63) is 35.9 Å². The summed E-state index contributed by atoms with van der Waals surface area (Å²) in [6.07, 6.45) is 0.733. The van der Waals surface area contributed by atoms with Crippen molar-refractivity contribution in [3.8, 4) is 0 Å². The lowest BCUT2D eigenvalue weighted by Gasteiger charge is -2.03. The lowest BCUT2D eigenvalue weighted by molar-refractivity contribution is -0.112. The van der Waals surface area contributed by atoms with Crippen molar-refractivity contribution in [1.82, 2.24) is 0 Å². The molecule has 0 radical (unpaired) electrons. The number of carbonyl (C=O) groups excluding carboxylic acids is 1. The number of benzene rings is 1. The minimum Gasteiger partial charge on any atom is -0.374 e. The maximum Gasteiger partial charge on any atom is 0.145 e. The van der Waals surface area contributed by atoms with Gasteiger partial charge in [-0.3, -0.25) is 0 Å². The van der Waals surface area contributed by atoms with Crippen LogP contribution in [-0.2, 0) is 20.9 Å². The first-order valence-electron chi connectivity index (χ1n) is 4.56. The Balaban J connectivity index is 2.02. The molecule has 0 aliphatic rings. The van der Waals surface area contributed by atoms with E-state index in [1.165, 1.54) is 0 Å². The number of hydrogen-bond donors (Lipinski definition) is 0. The van der Waals surface area contributed by atoms with Crippen LogP contribution in [0.25, 0.3) is 0 Å². The van der Waals surface area contributed by atoms with Crippen molar-refractivity contribution < 1.29 is 14.3 Å². The topological polar surface area (TPSA) is 35.5 Å². The Bertz CT molecular complexity index is 246. The molecule has 3 nitrogen and oxygen atoms in total. The van der Waals surface area contributed by atoms with Crippen molar-refractivity contribution in [1.29, 1.82) is 0 Å². The maximum absolute atomic E-state index is 9.89. The van der Waals surface area contributed by atoms with Gasteiger partial charge in [-0.1, -0.05) is 30.3 Å². The van der Waals surface area contributed by atoms with Gasteiger partial charge in [0.1, 0.15) is 12.9 Å². The van der Waals surface area contributed by atoms with Crippen molar-refractivity contribution >= 4 is 6.29 Å². The average molecular weight is 194 g/mol. The molecule has 1 aromatic carbocycles. The van der Waals surface area contributed by atoms with Gasteiger partial charge in [-0.25, -0.2) is 0 Å². The van der Waals surface area contributed by atoms with Gasteiger partial charge in [0.2, 0.25) is 0 Å². The maximum atomic E-state index is 9.89. The van der Waals surface area contributed by atoms with E-state index in [0.29, 0.717) is 19.8 Å². The van der Waals surface area contributed by atoms with Gasteiger partial charge in [0.25, 0.3) is 0 Å². The van der Waals surface area contributed by atoms with Crippen LogP contribution in [0.1, 0.15) is 5.56 Å². The van der Waals surface area contributed by atoms with Crippen molar-refractivity contribution in [3.63, 3.8) is 0 Å². The monoisotopic (exact) mass is 194 g/mol. The van der Waals surface area contributed by atoms with E-state index in [4.69, 9.17) is 9.47 Å². The summed E-state index contributed by atoms with van der Waals surface area (Å²) in [5.41, 5.74) is 1.14. The zero-order valence-electron chi connectivity index (χ0n) is 8.02. The van der Waals surface area contributed by atoms with Crippen LogP contribution in [0.2, 0.25) is 0 Å².